The molecular weight excluding hydrogens is 126 g/mol. The third-order valence-electron chi connectivity index (χ3n) is 1.48. The van der Waals surface area contributed by atoms with Crippen molar-refractivity contribution in [1.82, 2.24) is 5.32 Å². The van der Waals surface area contributed by atoms with Crippen LogP contribution in [-0.4, -0.2) is 5.91 Å². The van der Waals surface area contributed by atoms with Crippen molar-refractivity contribution < 1.29 is 4.79 Å². The van der Waals surface area contributed by atoms with Gasteiger partial charge in [-0.15, -0.1) is 0 Å². The van der Waals surface area contributed by atoms with Gasteiger partial charge < -0.3 is 5.32 Å². The smallest absolute Gasteiger partial charge is 0.227 e. The van der Waals surface area contributed by atoms with E-state index in [2.05, 4.69) is 18.5 Å². The molecule has 0 aromatic rings. The van der Waals surface area contributed by atoms with E-state index in [0.29, 0.717) is 5.70 Å². The maximum Gasteiger partial charge on any atom is 0.227 e. The molecule has 1 amide bonds. The van der Waals surface area contributed by atoms with E-state index in [0.717, 1.165) is 12.8 Å². The van der Waals surface area contributed by atoms with Crippen molar-refractivity contribution in [3.8, 4) is 0 Å². The number of hydrogen-bond donors (Lipinski definition) is 1. The van der Waals surface area contributed by atoms with Crippen LogP contribution in [0.5, 0.6) is 0 Å². The molecule has 1 saturated carbocycles. The third kappa shape index (κ3) is 1.72. The summed E-state index contributed by atoms with van der Waals surface area (Å²) < 4.78 is 0. The van der Waals surface area contributed by atoms with Crippen LogP contribution in [0.25, 0.3) is 0 Å². The van der Waals surface area contributed by atoms with Crippen LogP contribution >= 0.6 is 0 Å². The van der Waals surface area contributed by atoms with Gasteiger partial charge in [0.2, 0.25) is 5.91 Å². The van der Waals surface area contributed by atoms with Crippen LogP contribution in [0.15, 0.2) is 24.9 Å². The highest BCUT2D eigenvalue weighted by atomic mass is 16.2. The number of carbonyl (C=O) groups is 1. The Morgan fingerprint density at radius 1 is 1.60 bits per heavy atom. The Hall–Kier alpha value is -1.05. The van der Waals surface area contributed by atoms with Crippen molar-refractivity contribution in [3.63, 3.8) is 0 Å². The Morgan fingerprint density at radius 2 is 2.20 bits per heavy atom. The molecule has 1 aliphatic rings. The van der Waals surface area contributed by atoms with Gasteiger partial charge in [0.25, 0.3) is 0 Å². The summed E-state index contributed by atoms with van der Waals surface area (Å²) in [6.45, 7) is 7.05. The van der Waals surface area contributed by atoms with Crippen molar-refractivity contribution in [2.75, 3.05) is 0 Å². The van der Waals surface area contributed by atoms with Crippen LogP contribution in [0.2, 0.25) is 0 Å². The van der Waals surface area contributed by atoms with Gasteiger partial charge in [-0.05, 0) is 18.9 Å². The highest BCUT2D eigenvalue weighted by Gasteiger charge is 2.29. The molecule has 2 nitrogen and oxygen atoms in total. The van der Waals surface area contributed by atoms with E-state index in [1.54, 1.807) is 6.08 Å². The quantitative estimate of drug-likeness (QED) is 0.582. The van der Waals surface area contributed by atoms with Gasteiger partial charge >= 0.3 is 0 Å². The van der Waals surface area contributed by atoms with Gasteiger partial charge in [-0.3, -0.25) is 4.79 Å². The predicted octanol–water partition coefficient (Wildman–Crippen LogP) is 1.21. The second-order valence-electron chi connectivity index (χ2n) is 2.49. The molecule has 0 spiro atoms. The monoisotopic (exact) mass is 137 g/mol. The largest absolute Gasteiger partial charge is 0.326 e. The van der Waals surface area contributed by atoms with Crippen LogP contribution in [0.1, 0.15) is 12.8 Å². The Labute approximate surface area is 60.6 Å². The summed E-state index contributed by atoms with van der Waals surface area (Å²) in [7, 11) is 0. The molecule has 0 aliphatic heterocycles. The second-order valence-corrected chi connectivity index (χ2v) is 2.49. The topological polar surface area (TPSA) is 29.1 Å². The van der Waals surface area contributed by atoms with E-state index in [-0.39, 0.29) is 11.8 Å². The first-order valence-corrected chi connectivity index (χ1v) is 3.36. The zero-order valence-electron chi connectivity index (χ0n) is 5.89. The molecule has 10 heavy (non-hydrogen) atoms. The van der Waals surface area contributed by atoms with E-state index in [1.165, 1.54) is 0 Å². The summed E-state index contributed by atoms with van der Waals surface area (Å²) in [5, 5.41) is 2.64. The molecule has 0 unspecified atom stereocenters. The van der Waals surface area contributed by atoms with E-state index < -0.39 is 0 Å². The first kappa shape index (κ1) is 7.06. The fourth-order valence-electron chi connectivity index (χ4n) is 0.657. The maximum absolute atomic E-state index is 11.0. The summed E-state index contributed by atoms with van der Waals surface area (Å²) in [6, 6.07) is 0. The summed E-state index contributed by atoms with van der Waals surface area (Å²) in [6.07, 6.45) is 3.59. The average Bonchev–Trinajstić information content (AvgIpc) is 2.68. The summed E-state index contributed by atoms with van der Waals surface area (Å²) in [4.78, 5) is 11.0. The van der Waals surface area contributed by atoms with Crippen LogP contribution in [0.3, 0.4) is 0 Å². The Balaban J connectivity index is 2.29. The second kappa shape index (κ2) is 2.69. The summed E-state index contributed by atoms with van der Waals surface area (Å²) in [5.74, 6) is 0.335. The molecule has 1 N–H and O–H groups in total. The van der Waals surface area contributed by atoms with Crippen LogP contribution in [-0.2, 0) is 4.79 Å². The van der Waals surface area contributed by atoms with Crippen molar-refractivity contribution >= 4 is 5.91 Å². The van der Waals surface area contributed by atoms with Gasteiger partial charge in [0.05, 0.1) is 0 Å². The summed E-state index contributed by atoms with van der Waals surface area (Å²) in [5.41, 5.74) is 0.594. The molecule has 0 heterocycles. The molecule has 0 aromatic heterocycles. The average molecular weight is 137 g/mol. The van der Waals surface area contributed by atoms with E-state index in [4.69, 9.17) is 0 Å². The van der Waals surface area contributed by atoms with Gasteiger partial charge in [-0.25, -0.2) is 0 Å². The van der Waals surface area contributed by atoms with Gasteiger partial charge in [0.15, 0.2) is 0 Å². The molecular formula is C8H11NO. The third-order valence-corrected chi connectivity index (χ3v) is 1.48. The first-order chi connectivity index (χ1) is 4.74. The number of carbonyl (C=O) groups excluding carboxylic acids is 1. The Bertz CT molecular complexity index is 180. The zero-order chi connectivity index (χ0) is 7.56. The maximum atomic E-state index is 11.0. The molecule has 54 valence electrons. The number of hydrogen-bond acceptors (Lipinski definition) is 1. The van der Waals surface area contributed by atoms with E-state index >= 15 is 0 Å². The van der Waals surface area contributed by atoms with Crippen molar-refractivity contribution in [3.05, 3.63) is 24.9 Å². The fraction of sp³-hybridized carbons (Fsp3) is 0.375. The Morgan fingerprint density at radius 3 is 2.60 bits per heavy atom. The van der Waals surface area contributed by atoms with E-state index in [9.17, 15) is 4.79 Å². The molecule has 1 rings (SSSR count). The molecule has 0 aromatic carbocycles. The molecule has 2 heteroatoms. The van der Waals surface area contributed by atoms with Crippen molar-refractivity contribution in [1.29, 1.82) is 0 Å². The van der Waals surface area contributed by atoms with Gasteiger partial charge in [0.1, 0.15) is 0 Å². The summed E-state index contributed by atoms with van der Waals surface area (Å²) >= 11 is 0. The first-order valence-electron chi connectivity index (χ1n) is 3.36. The lowest BCUT2D eigenvalue weighted by molar-refractivity contribution is -0.121. The standard InChI is InChI=1S/C8H11NO/c1-3-6(2)9-8(10)7-4-5-7/h3,7H,1-2,4-5H2,(H,9,10). The molecule has 1 aliphatic carbocycles. The fourth-order valence-corrected chi connectivity index (χ4v) is 0.657. The van der Waals surface area contributed by atoms with Gasteiger partial charge in [-0.1, -0.05) is 13.2 Å². The minimum atomic E-state index is 0.0879. The number of rotatable bonds is 3. The minimum Gasteiger partial charge on any atom is -0.326 e. The molecule has 1 fully saturated rings. The Kier molecular flexibility index (Phi) is 1.90. The van der Waals surface area contributed by atoms with Crippen molar-refractivity contribution in [2.24, 2.45) is 5.92 Å². The van der Waals surface area contributed by atoms with Crippen LogP contribution < -0.4 is 5.32 Å². The zero-order valence-corrected chi connectivity index (χ0v) is 5.89. The van der Waals surface area contributed by atoms with Gasteiger partial charge in [-0.2, -0.15) is 0 Å². The predicted molar refractivity (Wildman–Crippen MR) is 40.2 cm³/mol. The SMILES string of the molecule is C=CC(=C)NC(=O)C1CC1. The lowest BCUT2D eigenvalue weighted by atomic mass is 10.3. The van der Waals surface area contributed by atoms with Crippen LogP contribution in [0, 0.1) is 5.92 Å². The number of allylic oxidation sites excluding steroid dienone is 1. The molecule has 0 bridgehead atoms. The normalized spacial score (nSPS) is 16.0. The molecule has 0 radical (unpaired) electrons. The van der Waals surface area contributed by atoms with E-state index in [1.807, 2.05) is 0 Å². The minimum absolute atomic E-state index is 0.0879. The van der Waals surface area contributed by atoms with Crippen molar-refractivity contribution in [2.45, 2.75) is 12.8 Å². The lowest BCUT2D eigenvalue weighted by Gasteiger charge is -2.00. The highest BCUT2D eigenvalue weighted by Crippen LogP contribution is 2.28. The van der Waals surface area contributed by atoms with Crippen LogP contribution in [0.4, 0.5) is 0 Å². The number of amides is 1. The number of nitrogens with one attached hydrogen (secondary N) is 1. The van der Waals surface area contributed by atoms with Gasteiger partial charge in [0, 0.05) is 11.6 Å². The molecule has 0 atom stereocenters. The molecule has 0 saturated heterocycles. The highest BCUT2D eigenvalue weighted by molar-refractivity contribution is 5.82. The lowest BCUT2D eigenvalue weighted by Crippen LogP contribution is -2.22.